The van der Waals surface area contributed by atoms with E-state index in [1.165, 1.54) is 0 Å². The highest BCUT2D eigenvalue weighted by molar-refractivity contribution is 5.54. The Kier molecular flexibility index (Phi) is 3.39. The molecule has 0 fully saturated rings. The van der Waals surface area contributed by atoms with Gasteiger partial charge in [-0.3, -0.25) is 0 Å². The fourth-order valence-electron chi connectivity index (χ4n) is 1.48. The highest BCUT2D eigenvalue weighted by Gasteiger charge is 1.99. The summed E-state index contributed by atoms with van der Waals surface area (Å²) in [5.41, 5.74) is 2.06. The standard InChI is InChI=1S/C15H13O/c1-2-14-10-6-7-11-15(14)16-12-13-8-4-3-5-9-13/h1-11H,12H2. The van der Waals surface area contributed by atoms with Crippen LogP contribution in [0, 0.1) is 6.58 Å². The van der Waals surface area contributed by atoms with Crippen molar-refractivity contribution in [2.45, 2.75) is 6.61 Å². The minimum Gasteiger partial charge on any atom is -0.488 e. The lowest BCUT2D eigenvalue weighted by atomic mass is 10.2. The first-order valence-corrected chi connectivity index (χ1v) is 5.21. The van der Waals surface area contributed by atoms with Gasteiger partial charge in [0.25, 0.3) is 0 Å². The third kappa shape index (κ3) is 2.51. The second kappa shape index (κ2) is 5.17. The van der Waals surface area contributed by atoms with Crippen LogP contribution in [0.1, 0.15) is 11.1 Å². The van der Waals surface area contributed by atoms with Crippen molar-refractivity contribution in [1.29, 1.82) is 0 Å². The molecule has 0 aliphatic rings. The van der Waals surface area contributed by atoms with Crippen molar-refractivity contribution < 1.29 is 4.74 Å². The molecule has 0 N–H and O–H groups in total. The molecule has 0 saturated heterocycles. The van der Waals surface area contributed by atoms with Gasteiger partial charge in [-0.1, -0.05) is 61.2 Å². The van der Waals surface area contributed by atoms with E-state index in [1.54, 1.807) is 6.08 Å². The van der Waals surface area contributed by atoms with E-state index in [4.69, 9.17) is 11.3 Å². The van der Waals surface area contributed by atoms with Gasteiger partial charge in [-0.15, -0.1) is 0 Å². The Hall–Kier alpha value is -2.02. The van der Waals surface area contributed by atoms with Crippen LogP contribution in [-0.4, -0.2) is 0 Å². The van der Waals surface area contributed by atoms with Crippen molar-refractivity contribution in [2.75, 3.05) is 0 Å². The maximum absolute atomic E-state index is 5.70. The van der Waals surface area contributed by atoms with E-state index in [1.807, 2.05) is 54.6 Å². The maximum Gasteiger partial charge on any atom is 0.127 e. The Morgan fingerprint density at radius 2 is 1.62 bits per heavy atom. The zero-order valence-corrected chi connectivity index (χ0v) is 8.97. The number of rotatable bonds is 4. The van der Waals surface area contributed by atoms with Gasteiger partial charge in [0.05, 0.1) is 0 Å². The summed E-state index contributed by atoms with van der Waals surface area (Å²) in [6.45, 7) is 6.08. The number of hydrogen-bond acceptors (Lipinski definition) is 1. The fourth-order valence-corrected chi connectivity index (χ4v) is 1.48. The Bertz CT molecular complexity index is 460. The Balaban J connectivity index is 2.08. The van der Waals surface area contributed by atoms with Gasteiger partial charge in [0.1, 0.15) is 12.4 Å². The molecule has 0 spiro atoms. The van der Waals surface area contributed by atoms with Crippen molar-refractivity contribution in [2.24, 2.45) is 0 Å². The van der Waals surface area contributed by atoms with Gasteiger partial charge in [-0.25, -0.2) is 0 Å². The largest absolute Gasteiger partial charge is 0.488 e. The average Bonchev–Trinajstić information content (AvgIpc) is 2.38. The molecule has 0 heterocycles. The van der Waals surface area contributed by atoms with E-state index in [0.29, 0.717) is 6.61 Å². The van der Waals surface area contributed by atoms with Crippen molar-refractivity contribution in [3.8, 4) is 5.75 Å². The van der Waals surface area contributed by atoms with E-state index < -0.39 is 0 Å². The number of para-hydroxylation sites is 1. The molecule has 16 heavy (non-hydrogen) atoms. The minimum absolute atomic E-state index is 0.561. The lowest BCUT2D eigenvalue weighted by Gasteiger charge is -2.08. The van der Waals surface area contributed by atoms with E-state index >= 15 is 0 Å². The summed E-state index contributed by atoms with van der Waals surface area (Å²) in [4.78, 5) is 0. The van der Waals surface area contributed by atoms with Crippen LogP contribution in [-0.2, 0) is 6.61 Å². The summed E-state index contributed by atoms with van der Waals surface area (Å²) in [6.07, 6.45) is 1.56. The van der Waals surface area contributed by atoms with Crippen molar-refractivity contribution in [3.05, 3.63) is 72.3 Å². The number of hydrogen-bond donors (Lipinski definition) is 0. The van der Waals surface area contributed by atoms with Gasteiger partial charge in [-0.05, 0) is 11.6 Å². The molecule has 2 aromatic rings. The zero-order valence-electron chi connectivity index (χ0n) is 8.97. The SMILES string of the molecule is [CH]=Cc1ccccc1OCc1ccccc1. The first-order valence-electron chi connectivity index (χ1n) is 5.21. The third-order valence-corrected chi connectivity index (χ3v) is 2.34. The Labute approximate surface area is 96.0 Å². The van der Waals surface area contributed by atoms with Crippen LogP contribution in [0.3, 0.4) is 0 Å². The maximum atomic E-state index is 5.70. The van der Waals surface area contributed by atoms with E-state index in [9.17, 15) is 0 Å². The predicted molar refractivity (Wildman–Crippen MR) is 66.0 cm³/mol. The topological polar surface area (TPSA) is 9.23 Å². The van der Waals surface area contributed by atoms with Crippen LogP contribution >= 0.6 is 0 Å². The van der Waals surface area contributed by atoms with Crippen LogP contribution in [0.25, 0.3) is 6.08 Å². The zero-order chi connectivity index (χ0) is 11.2. The van der Waals surface area contributed by atoms with E-state index in [0.717, 1.165) is 16.9 Å². The summed E-state index contributed by atoms with van der Waals surface area (Å²) >= 11 is 0. The van der Waals surface area contributed by atoms with Gasteiger partial charge in [-0.2, -0.15) is 0 Å². The van der Waals surface area contributed by atoms with Crippen LogP contribution < -0.4 is 4.74 Å². The molecule has 0 atom stereocenters. The van der Waals surface area contributed by atoms with Crippen molar-refractivity contribution in [1.82, 2.24) is 0 Å². The second-order valence-corrected chi connectivity index (χ2v) is 3.48. The van der Waals surface area contributed by atoms with Crippen LogP contribution in [0.2, 0.25) is 0 Å². The third-order valence-electron chi connectivity index (χ3n) is 2.34. The molecule has 0 amide bonds. The Morgan fingerprint density at radius 1 is 0.938 bits per heavy atom. The summed E-state index contributed by atoms with van der Waals surface area (Å²) in [6, 6.07) is 17.8. The summed E-state index contributed by atoms with van der Waals surface area (Å²) in [7, 11) is 0. The molecule has 0 aliphatic carbocycles. The number of ether oxygens (including phenoxy) is 1. The molecule has 1 nitrogen and oxygen atoms in total. The van der Waals surface area contributed by atoms with Crippen molar-refractivity contribution in [3.63, 3.8) is 0 Å². The van der Waals surface area contributed by atoms with Gasteiger partial charge in [0.2, 0.25) is 0 Å². The predicted octanol–water partition coefficient (Wildman–Crippen LogP) is 3.71. The number of benzene rings is 2. The monoisotopic (exact) mass is 209 g/mol. The van der Waals surface area contributed by atoms with Crippen LogP contribution in [0.5, 0.6) is 5.75 Å². The molecule has 0 unspecified atom stereocenters. The summed E-state index contributed by atoms with van der Waals surface area (Å²) in [5.74, 6) is 0.814. The molecule has 0 saturated carbocycles. The summed E-state index contributed by atoms with van der Waals surface area (Å²) < 4.78 is 5.70. The lowest BCUT2D eigenvalue weighted by molar-refractivity contribution is 0.305. The van der Waals surface area contributed by atoms with Crippen molar-refractivity contribution >= 4 is 6.08 Å². The quantitative estimate of drug-likeness (QED) is 0.745. The molecule has 2 aromatic carbocycles. The molecule has 0 bridgehead atoms. The highest BCUT2D eigenvalue weighted by atomic mass is 16.5. The average molecular weight is 209 g/mol. The Morgan fingerprint density at radius 3 is 2.38 bits per heavy atom. The lowest BCUT2D eigenvalue weighted by Crippen LogP contribution is -1.96. The molecular weight excluding hydrogens is 196 g/mol. The smallest absolute Gasteiger partial charge is 0.127 e. The molecule has 79 valence electrons. The van der Waals surface area contributed by atoms with Gasteiger partial charge >= 0.3 is 0 Å². The van der Waals surface area contributed by atoms with Gasteiger partial charge in [0, 0.05) is 5.56 Å². The first-order chi connectivity index (χ1) is 7.90. The minimum atomic E-state index is 0.561. The molecule has 0 aliphatic heterocycles. The van der Waals surface area contributed by atoms with Crippen LogP contribution in [0.4, 0.5) is 0 Å². The molecular formula is C15H13O. The second-order valence-electron chi connectivity index (χ2n) is 3.48. The molecule has 1 radical (unpaired) electrons. The molecule has 1 heteroatoms. The van der Waals surface area contributed by atoms with Crippen LogP contribution in [0.15, 0.2) is 54.6 Å². The molecule has 0 aromatic heterocycles. The first kappa shape index (κ1) is 10.5. The normalized spacial score (nSPS) is 9.75. The highest BCUT2D eigenvalue weighted by Crippen LogP contribution is 2.19. The fraction of sp³-hybridized carbons (Fsp3) is 0.0667. The molecule has 2 rings (SSSR count). The van der Waals surface area contributed by atoms with Gasteiger partial charge < -0.3 is 4.74 Å². The summed E-state index contributed by atoms with van der Waals surface area (Å²) in [5, 5.41) is 0. The van der Waals surface area contributed by atoms with Gasteiger partial charge in [0.15, 0.2) is 0 Å². The van der Waals surface area contributed by atoms with E-state index in [2.05, 4.69) is 0 Å². The van der Waals surface area contributed by atoms with E-state index in [-0.39, 0.29) is 0 Å².